The Morgan fingerprint density at radius 1 is 1.12 bits per heavy atom. The van der Waals surface area contributed by atoms with Crippen molar-refractivity contribution in [2.45, 2.75) is 33.4 Å². The van der Waals surface area contributed by atoms with Crippen LogP contribution in [-0.2, 0) is 6.54 Å². The number of nitrogens with zero attached hydrogens (tertiary/aromatic N) is 5. The Balaban J connectivity index is 1.89. The van der Waals surface area contributed by atoms with Crippen LogP contribution in [0, 0.1) is 18.6 Å². The summed E-state index contributed by atoms with van der Waals surface area (Å²) < 4.78 is 36.5. The number of hydrogen-bond donors (Lipinski definition) is 0. The zero-order chi connectivity index (χ0) is 17.7. The molecular formula is C17H17F2N5O. The number of benzene rings is 1. The summed E-state index contributed by atoms with van der Waals surface area (Å²) >= 11 is 0. The van der Waals surface area contributed by atoms with Crippen molar-refractivity contribution in [2.75, 3.05) is 6.61 Å². The second-order valence-corrected chi connectivity index (χ2v) is 6.28. The molecule has 4 rings (SSSR count). The predicted octanol–water partition coefficient (Wildman–Crippen LogP) is 3.37. The molecule has 0 radical (unpaired) electrons. The molecule has 0 amide bonds. The third-order valence-electron chi connectivity index (χ3n) is 4.09. The van der Waals surface area contributed by atoms with E-state index in [9.17, 15) is 8.78 Å². The number of imidazole rings is 1. The van der Waals surface area contributed by atoms with Gasteiger partial charge in [0.1, 0.15) is 29.7 Å². The molecule has 0 atom stereocenters. The molecule has 0 aliphatic carbocycles. The van der Waals surface area contributed by atoms with E-state index in [0.29, 0.717) is 41.9 Å². The second kappa shape index (κ2) is 5.65. The average Bonchev–Trinajstić information content (AvgIpc) is 3.10. The fourth-order valence-electron chi connectivity index (χ4n) is 2.95. The number of rotatable bonds is 2. The molecule has 0 N–H and O–H groups in total. The summed E-state index contributed by atoms with van der Waals surface area (Å²) in [6, 6.07) is 2.31. The van der Waals surface area contributed by atoms with Gasteiger partial charge in [0.2, 0.25) is 0 Å². The van der Waals surface area contributed by atoms with Crippen molar-refractivity contribution >= 4 is 0 Å². The molecule has 1 aliphatic heterocycles. The Kier molecular flexibility index (Phi) is 3.55. The van der Waals surface area contributed by atoms with Gasteiger partial charge in [-0.15, -0.1) is 0 Å². The van der Waals surface area contributed by atoms with Gasteiger partial charge in [0.15, 0.2) is 17.5 Å². The highest BCUT2D eigenvalue weighted by atomic mass is 19.2. The minimum Gasteiger partial charge on any atom is -0.491 e. The largest absolute Gasteiger partial charge is 0.491 e. The molecule has 130 valence electrons. The summed E-state index contributed by atoms with van der Waals surface area (Å²) in [7, 11) is 0. The lowest BCUT2D eigenvalue weighted by molar-refractivity contribution is 0.304. The van der Waals surface area contributed by atoms with Gasteiger partial charge >= 0.3 is 0 Å². The Hall–Kier alpha value is -2.77. The third-order valence-corrected chi connectivity index (χ3v) is 4.09. The lowest BCUT2D eigenvalue weighted by atomic mass is 10.1. The third kappa shape index (κ3) is 2.57. The van der Waals surface area contributed by atoms with Crippen LogP contribution in [0.3, 0.4) is 0 Å². The Morgan fingerprint density at radius 2 is 1.88 bits per heavy atom. The summed E-state index contributed by atoms with van der Waals surface area (Å²) in [5, 5.41) is 4.40. The Bertz CT molecular complexity index is 960. The number of halogens is 2. The van der Waals surface area contributed by atoms with Crippen molar-refractivity contribution in [1.29, 1.82) is 0 Å². The average molecular weight is 345 g/mol. The lowest BCUT2D eigenvalue weighted by Gasteiger charge is -2.08. The van der Waals surface area contributed by atoms with Crippen LogP contribution in [0.5, 0.6) is 5.75 Å². The summed E-state index contributed by atoms with van der Waals surface area (Å²) in [4.78, 5) is 9.09. The first kappa shape index (κ1) is 15.7. The van der Waals surface area contributed by atoms with Crippen LogP contribution in [0.4, 0.5) is 8.78 Å². The SMILES string of the molecule is Cc1nc(-c2cn3c(n2)-c2cc(F)c(F)cc2OCC3)n(C(C)C)n1. The van der Waals surface area contributed by atoms with Gasteiger partial charge in [-0.25, -0.2) is 23.4 Å². The van der Waals surface area contributed by atoms with E-state index in [0.717, 1.165) is 12.1 Å². The molecule has 0 spiro atoms. The molecule has 6 nitrogen and oxygen atoms in total. The smallest absolute Gasteiger partial charge is 0.178 e. The number of ether oxygens (including phenoxy) is 1. The molecule has 1 aromatic carbocycles. The van der Waals surface area contributed by atoms with Crippen molar-refractivity contribution in [3.05, 3.63) is 35.8 Å². The maximum atomic E-state index is 13.7. The molecule has 1 aliphatic rings. The standard InChI is InChI=1S/C17H17F2N5O/c1-9(2)24-17(20-10(3)22-24)14-8-23-4-5-25-15-7-13(19)12(18)6-11(15)16(23)21-14/h6-9H,4-5H2,1-3H3. The van der Waals surface area contributed by atoms with Gasteiger partial charge in [0, 0.05) is 18.3 Å². The number of aromatic nitrogens is 5. The predicted molar refractivity (Wildman–Crippen MR) is 87.2 cm³/mol. The van der Waals surface area contributed by atoms with Crippen LogP contribution in [0.15, 0.2) is 18.3 Å². The van der Waals surface area contributed by atoms with Crippen LogP contribution >= 0.6 is 0 Å². The van der Waals surface area contributed by atoms with E-state index in [2.05, 4.69) is 15.1 Å². The van der Waals surface area contributed by atoms with Crippen LogP contribution in [0.25, 0.3) is 22.9 Å². The molecule has 0 unspecified atom stereocenters. The summed E-state index contributed by atoms with van der Waals surface area (Å²) in [6.45, 7) is 6.72. The second-order valence-electron chi connectivity index (χ2n) is 6.28. The molecule has 0 saturated heterocycles. The number of hydrogen-bond acceptors (Lipinski definition) is 4. The van der Waals surface area contributed by atoms with Crippen molar-refractivity contribution in [1.82, 2.24) is 24.3 Å². The maximum absolute atomic E-state index is 13.7. The maximum Gasteiger partial charge on any atom is 0.178 e. The topological polar surface area (TPSA) is 57.8 Å². The highest BCUT2D eigenvalue weighted by molar-refractivity contribution is 5.68. The Labute approximate surface area is 143 Å². The van der Waals surface area contributed by atoms with Crippen LogP contribution in [0.1, 0.15) is 25.7 Å². The van der Waals surface area contributed by atoms with E-state index in [4.69, 9.17) is 4.74 Å². The van der Waals surface area contributed by atoms with Crippen molar-refractivity contribution in [3.63, 3.8) is 0 Å². The first-order chi connectivity index (χ1) is 11.9. The summed E-state index contributed by atoms with van der Waals surface area (Å²) in [5.41, 5.74) is 1.07. The first-order valence-corrected chi connectivity index (χ1v) is 8.07. The van der Waals surface area contributed by atoms with Crippen LogP contribution in [0.2, 0.25) is 0 Å². The van der Waals surface area contributed by atoms with Crippen molar-refractivity contribution in [3.8, 4) is 28.7 Å². The number of fused-ring (bicyclic) bond motifs is 3. The normalized spacial score (nSPS) is 13.4. The van der Waals surface area contributed by atoms with E-state index in [-0.39, 0.29) is 11.8 Å². The first-order valence-electron chi connectivity index (χ1n) is 8.07. The van der Waals surface area contributed by atoms with Gasteiger partial charge in [-0.05, 0) is 26.8 Å². The molecule has 0 fully saturated rings. The van der Waals surface area contributed by atoms with E-state index in [1.807, 2.05) is 31.5 Å². The van der Waals surface area contributed by atoms with Crippen molar-refractivity contribution < 1.29 is 13.5 Å². The molecule has 0 bridgehead atoms. The zero-order valence-electron chi connectivity index (χ0n) is 14.1. The monoisotopic (exact) mass is 345 g/mol. The lowest BCUT2D eigenvalue weighted by Crippen LogP contribution is -2.06. The molecule has 2 aromatic heterocycles. The van der Waals surface area contributed by atoms with Crippen LogP contribution < -0.4 is 4.74 Å². The highest BCUT2D eigenvalue weighted by Crippen LogP contribution is 2.35. The molecule has 25 heavy (non-hydrogen) atoms. The molecule has 3 aromatic rings. The molecule has 8 heteroatoms. The van der Waals surface area contributed by atoms with Gasteiger partial charge in [-0.3, -0.25) is 0 Å². The minimum absolute atomic E-state index is 0.125. The summed E-state index contributed by atoms with van der Waals surface area (Å²) in [6.07, 6.45) is 1.84. The van der Waals surface area contributed by atoms with E-state index < -0.39 is 11.6 Å². The van der Waals surface area contributed by atoms with Gasteiger partial charge in [-0.1, -0.05) is 0 Å². The van der Waals surface area contributed by atoms with Gasteiger partial charge in [-0.2, -0.15) is 5.10 Å². The highest BCUT2D eigenvalue weighted by Gasteiger charge is 2.23. The fraction of sp³-hybridized carbons (Fsp3) is 0.353. The fourth-order valence-corrected chi connectivity index (χ4v) is 2.95. The van der Waals surface area contributed by atoms with E-state index in [1.165, 1.54) is 0 Å². The molecule has 0 saturated carbocycles. The summed E-state index contributed by atoms with van der Waals surface area (Å²) in [5.74, 6) is 0.256. The zero-order valence-corrected chi connectivity index (χ0v) is 14.1. The quantitative estimate of drug-likeness (QED) is 0.714. The van der Waals surface area contributed by atoms with Crippen molar-refractivity contribution in [2.24, 2.45) is 0 Å². The molecule has 3 heterocycles. The van der Waals surface area contributed by atoms with Gasteiger partial charge < -0.3 is 9.30 Å². The van der Waals surface area contributed by atoms with Gasteiger partial charge in [0.25, 0.3) is 0 Å². The Morgan fingerprint density at radius 3 is 2.64 bits per heavy atom. The van der Waals surface area contributed by atoms with E-state index in [1.54, 1.807) is 4.68 Å². The molecular weight excluding hydrogens is 328 g/mol. The van der Waals surface area contributed by atoms with Crippen LogP contribution in [-0.4, -0.2) is 30.9 Å². The van der Waals surface area contributed by atoms with E-state index >= 15 is 0 Å². The minimum atomic E-state index is -0.936. The number of aryl methyl sites for hydroxylation is 1. The van der Waals surface area contributed by atoms with Gasteiger partial charge in [0.05, 0.1) is 12.1 Å².